The Kier molecular flexibility index (Phi) is 2.62. The first-order valence-corrected chi connectivity index (χ1v) is 4.08. The van der Waals surface area contributed by atoms with Crippen LogP contribution in [-0.2, 0) is 0 Å². The zero-order valence-electron chi connectivity index (χ0n) is 7.28. The second kappa shape index (κ2) is 3.32. The van der Waals surface area contributed by atoms with Gasteiger partial charge < -0.3 is 10.4 Å². The maximum Gasteiger partial charge on any atom is 0.0902 e. The topological polar surface area (TPSA) is 44.6 Å². The van der Waals surface area contributed by atoms with Crippen molar-refractivity contribution in [3.8, 4) is 0 Å². The summed E-state index contributed by atoms with van der Waals surface area (Å²) in [4.78, 5) is 4.25. The Labute approximate surface area is 67.5 Å². The zero-order valence-corrected chi connectivity index (χ0v) is 7.28. The molecule has 1 aliphatic rings. The number of rotatable bonds is 1. The van der Waals surface area contributed by atoms with Gasteiger partial charge in [-0.05, 0) is 20.8 Å². The molecule has 0 aromatic carbocycles. The number of aliphatic imine (C=N–C) groups is 1. The molecule has 0 aliphatic carbocycles. The minimum Gasteiger partial charge on any atom is -0.391 e. The van der Waals surface area contributed by atoms with E-state index in [4.69, 9.17) is 0 Å². The fourth-order valence-corrected chi connectivity index (χ4v) is 1.46. The van der Waals surface area contributed by atoms with Crippen LogP contribution in [0.2, 0.25) is 0 Å². The molecule has 3 nitrogen and oxygen atoms in total. The largest absolute Gasteiger partial charge is 0.391 e. The average molecular weight is 156 g/mol. The van der Waals surface area contributed by atoms with E-state index in [9.17, 15) is 5.11 Å². The van der Waals surface area contributed by atoms with Crippen LogP contribution in [0, 0.1) is 0 Å². The van der Waals surface area contributed by atoms with Crippen molar-refractivity contribution < 1.29 is 5.11 Å². The van der Waals surface area contributed by atoms with Gasteiger partial charge in [0.25, 0.3) is 0 Å². The number of hydrogen-bond donors (Lipinski definition) is 2. The Morgan fingerprint density at radius 2 is 2.18 bits per heavy atom. The molecule has 1 aliphatic heterocycles. The first-order chi connectivity index (χ1) is 5.11. The molecule has 1 heterocycles. The molecule has 1 rings (SSSR count). The van der Waals surface area contributed by atoms with Crippen LogP contribution in [0.3, 0.4) is 0 Å². The molecule has 0 radical (unpaired) electrons. The van der Waals surface area contributed by atoms with Crippen LogP contribution in [0.5, 0.6) is 0 Å². The van der Waals surface area contributed by atoms with Crippen molar-refractivity contribution in [3.05, 3.63) is 0 Å². The standard InChI is InChI=1S/C8H16N2O/c1-5-4-9-8(7(3)11)6(2)10-5/h4-8,10-11H,1-3H3. The number of nitrogens with one attached hydrogen (secondary N) is 1. The van der Waals surface area contributed by atoms with E-state index in [-0.39, 0.29) is 18.2 Å². The van der Waals surface area contributed by atoms with Crippen molar-refractivity contribution in [2.45, 2.75) is 45.0 Å². The Morgan fingerprint density at radius 1 is 1.55 bits per heavy atom. The molecule has 64 valence electrons. The minimum atomic E-state index is -0.360. The average Bonchev–Trinajstić information content (AvgIpc) is 1.85. The van der Waals surface area contributed by atoms with Gasteiger partial charge in [0.15, 0.2) is 0 Å². The van der Waals surface area contributed by atoms with Crippen molar-refractivity contribution in [1.82, 2.24) is 5.32 Å². The molecule has 4 unspecified atom stereocenters. The molecule has 0 saturated carbocycles. The van der Waals surface area contributed by atoms with Gasteiger partial charge in [0, 0.05) is 18.3 Å². The van der Waals surface area contributed by atoms with E-state index in [1.165, 1.54) is 0 Å². The van der Waals surface area contributed by atoms with Crippen LogP contribution in [0.15, 0.2) is 4.99 Å². The molecule has 0 bridgehead atoms. The summed E-state index contributed by atoms with van der Waals surface area (Å²) in [7, 11) is 0. The van der Waals surface area contributed by atoms with Crippen molar-refractivity contribution in [2.24, 2.45) is 4.99 Å². The molecule has 0 aromatic heterocycles. The Bertz CT molecular complexity index is 156. The smallest absolute Gasteiger partial charge is 0.0902 e. The van der Waals surface area contributed by atoms with Crippen LogP contribution in [-0.4, -0.2) is 35.6 Å². The molecule has 4 atom stereocenters. The monoisotopic (exact) mass is 156 g/mol. The molecule has 0 saturated heterocycles. The number of aliphatic hydroxyl groups excluding tert-OH is 1. The quantitative estimate of drug-likeness (QED) is 0.569. The molecular formula is C8H16N2O. The third-order valence-corrected chi connectivity index (χ3v) is 2.01. The highest BCUT2D eigenvalue weighted by Gasteiger charge is 2.24. The van der Waals surface area contributed by atoms with E-state index < -0.39 is 0 Å². The van der Waals surface area contributed by atoms with Crippen LogP contribution >= 0.6 is 0 Å². The number of hydrogen-bond acceptors (Lipinski definition) is 3. The van der Waals surface area contributed by atoms with E-state index in [1.54, 1.807) is 6.92 Å². The molecule has 0 aromatic rings. The third kappa shape index (κ3) is 2.01. The first kappa shape index (κ1) is 8.68. The van der Waals surface area contributed by atoms with Gasteiger partial charge in [0.1, 0.15) is 0 Å². The predicted octanol–water partition coefficient (Wildman–Crippen LogP) is 0.187. The number of nitrogens with zero attached hydrogens (tertiary/aromatic N) is 1. The van der Waals surface area contributed by atoms with E-state index in [0.29, 0.717) is 6.04 Å². The van der Waals surface area contributed by atoms with Crippen molar-refractivity contribution in [1.29, 1.82) is 0 Å². The van der Waals surface area contributed by atoms with Crippen LogP contribution in [0.1, 0.15) is 20.8 Å². The van der Waals surface area contributed by atoms with Crippen molar-refractivity contribution in [3.63, 3.8) is 0 Å². The van der Waals surface area contributed by atoms with E-state index in [1.807, 2.05) is 13.1 Å². The first-order valence-electron chi connectivity index (χ1n) is 4.08. The molecule has 0 amide bonds. The summed E-state index contributed by atoms with van der Waals surface area (Å²) >= 11 is 0. The van der Waals surface area contributed by atoms with Crippen LogP contribution in [0.25, 0.3) is 0 Å². The summed E-state index contributed by atoms with van der Waals surface area (Å²) in [6.45, 7) is 5.87. The van der Waals surface area contributed by atoms with Crippen LogP contribution < -0.4 is 5.32 Å². The summed E-state index contributed by atoms with van der Waals surface area (Å²) in [5.74, 6) is 0. The number of aliphatic hydroxyl groups is 1. The summed E-state index contributed by atoms with van der Waals surface area (Å²) in [5.41, 5.74) is 0. The second-order valence-corrected chi connectivity index (χ2v) is 3.27. The molecule has 0 spiro atoms. The van der Waals surface area contributed by atoms with Gasteiger partial charge in [-0.25, -0.2) is 0 Å². The van der Waals surface area contributed by atoms with Gasteiger partial charge in [-0.2, -0.15) is 0 Å². The molecule has 0 fully saturated rings. The van der Waals surface area contributed by atoms with Gasteiger partial charge in [-0.1, -0.05) is 0 Å². The fraction of sp³-hybridized carbons (Fsp3) is 0.875. The highest BCUT2D eigenvalue weighted by Crippen LogP contribution is 2.08. The highest BCUT2D eigenvalue weighted by atomic mass is 16.3. The molecule has 11 heavy (non-hydrogen) atoms. The normalized spacial score (nSPS) is 40.5. The van der Waals surface area contributed by atoms with Crippen molar-refractivity contribution >= 4 is 6.21 Å². The Morgan fingerprint density at radius 3 is 2.64 bits per heavy atom. The van der Waals surface area contributed by atoms with Gasteiger partial charge in [0.2, 0.25) is 0 Å². The molecule has 3 heteroatoms. The molecule has 2 N–H and O–H groups in total. The summed E-state index contributed by atoms with van der Waals surface area (Å²) in [5, 5.41) is 12.6. The van der Waals surface area contributed by atoms with Gasteiger partial charge >= 0.3 is 0 Å². The fourth-order valence-electron chi connectivity index (χ4n) is 1.46. The highest BCUT2D eigenvalue weighted by molar-refractivity contribution is 5.65. The third-order valence-electron chi connectivity index (χ3n) is 2.01. The minimum absolute atomic E-state index is 0.0196. The summed E-state index contributed by atoms with van der Waals surface area (Å²) in [6, 6.07) is 0.626. The lowest BCUT2D eigenvalue weighted by Crippen LogP contribution is -2.50. The van der Waals surface area contributed by atoms with Gasteiger partial charge in [0.05, 0.1) is 12.1 Å². The van der Waals surface area contributed by atoms with Gasteiger partial charge in [-0.15, -0.1) is 0 Å². The van der Waals surface area contributed by atoms with Crippen molar-refractivity contribution in [2.75, 3.05) is 0 Å². The lowest BCUT2D eigenvalue weighted by Gasteiger charge is -2.30. The Hall–Kier alpha value is -0.410. The summed E-state index contributed by atoms with van der Waals surface area (Å²) < 4.78 is 0. The maximum atomic E-state index is 9.28. The molecular weight excluding hydrogens is 140 g/mol. The van der Waals surface area contributed by atoms with E-state index >= 15 is 0 Å². The van der Waals surface area contributed by atoms with Gasteiger partial charge in [-0.3, -0.25) is 4.99 Å². The summed E-state index contributed by atoms with van der Waals surface area (Å²) in [6.07, 6.45) is 1.50. The zero-order chi connectivity index (χ0) is 8.43. The maximum absolute atomic E-state index is 9.28. The SMILES string of the molecule is CC1C=NC(C(C)O)C(C)N1. The van der Waals surface area contributed by atoms with Crippen LogP contribution in [0.4, 0.5) is 0 Å². The van der Waals surface area contributed by atoms with E-state index in [2.05, 4.69) is 17.2 Å². The second-order valence-electron chi connectivity index (χ2n) is 3.27. The lowest BCUT2D eigenvalue weighted by molar-refractivity contribution is 0.143. The Balaban J connectivity index is 2.61. The van der Waals surface area contributed by atoms with E-state index in [0.717, 1.165) is 0 Å². The predicted molar refractivity (Wildman–Crippen MR) is 46.0 cm³/mol. The lowest BCUT2D eigenvalue weighted by atomic mass is 10.0.